The summed E-state index contributed by atoms with van der Waals surface area (Å²) in [5.41, 5.74) is 2.57. The standard InChI is InChI=1S/C22H29NO/c1-4-21(22(24)5-2)18(3)23(16-19-12-8-6-9-13-19)17-20-14-10-7-11-15-20/h4,6-15,18,21-22,24H,1,5,16-17H2,2-3H3/t18-,21?,22?/m1/s1. The molecule has 3 atom stereocenters. The van der Waals surface area contributed by atoms with Gasteiger partial charge in [-0.1, -0.05) is 73.7 Å². The molecule has 2 aromatic carbocycles. The van der Waals surface area contributed by atoms with Gasteiger partial charge in [0.05, 0.1) is 6.10 Å². The van der Waals surface area contributed by atoms with Gasteiger partial charge < -0.3 is 5.11 Å². The van der Waals surface area contributed by atoms with Crippen LogP contribution in [-0.2, 0) is 13.1 Å². The summed E-state index contributed by atoms with van der Waals surface area (Å²) in [4.78, 5) is 2.43. The quantitative estimate of drug-likeness (QED) is 0.679. The molecule has 2 nitrogen and oxygen atoms in total. The van der Waals surface area contributed by atoms with Crippen molar-refractivity contribution in [2.45, 2.75) is 45.5 Å². The van der Waals surface area contributed by atoms with Gasteiger partial charge in [-0.05, 0) is 24.5 Å². The molecule has 0 aliphatic rings. The van der Waals surface area contributed by atoms with E-state index in [0.29, 0.717) is 0 Å². The fourth-order valence-electron chi connectivity index (χ4n) is 3.17. The highest BCUT2D eigenvalue weighted by Gasteiger charge is 2.26. The molecular weight excluding hydrogens is 294 g/mol. The first-order valence-corrected chi connectivity index (χ1v) is 8.78. The minimum Gasteiger partial charge on any atom is -0.392 e. The normalized spacial score (nSPS) is 15.0. The van der Waals surface area contributed by atoms with Gasteiger partial charge in [-0.25, -0.2) is 0 Å². The smallest absolute Gasteiger partial charge is 0.0615 e. The maximum atomic E-state index is 10.4. The van der Waals surface area contributed by atoms with Crippen LogP contribution in [0.1, 0.15) is 31.4 Å². The van der Waals surface area contributed by atoms with Crippen LogP contribution in [0.3, 0.4) is 0 Å². The first-order valence-electron chi connectivity index (χ1n) is 8.78. The van der Waals surface area contributed by atoms with Crippen molar-refractivity contribution in [1.82, 2.24) is 4.90 Å². The lowest BCUT2D eigenvalue weighted by molar-refractivity contribution is 0.0572. The number of aliphatic hydroxyl groups is 1. The fraction of sp³-hybridized carbons (Fsp3) is 0.364. The minimum atomic E-state index is -0.355. The monoisotopic (exact) mass is 323 g/mol. The molecule has 1 N–H and O–H groups in total. The van der Waals surface area contributed by atoms with Gasteiger partial charge in [0.25, 0.3) is 0 Å². The van der Waals surface area contributed by atoms with E-state index in [1.807, 2.05) is 25.1 Å². The molecule has 0 aromatic heterocycles. The first kappa shape index (κ1) is 18.4. The maximum Gasteiger partial charge on any atom is 0.0615 e. The summed E-state index contributed by atoms with van der Waals surface area (Å²) in [5.74, 6) is 0.0578. The summed E-state index contributed by atoms with van der Waals surface area (Å²) in [6, 6.07) is 21.2. The van der Waals surface area contributed by atoms with Gasteiger partial charge in [-0.2, -0.15) is 0 Å². The van der Waals surface area contributed by atoms with Crippen molar-refractivity contribution in [3.05, 3.63) is 84.4 Å². The molecule has 2 aromatic rings. The molecule has 0 saturated heterocycles. The lowest BCUT2D eigenvalue weighted by Crippen LogP contribution is -2.41. The first-order chi connectivity index (χ1) is 11.7. The largest absolute Gasteiger partial charge is 0.392 e. The fourth-order valence-corrected chi connectivity index (χ4v) is 3.17. The molecule has 0 bridgehead atoms. The summed E-state index contributed by atoms with van der Waals surface area (Å²) >= 11 is 0. The van der Waals surface area contributed by atoms with Crippen LogP contribution >= 0.6 is 0 Å². The van der Waals surface area contributed by atoms with E-state index in [1.54, 1.807) is 0 Å². The molecule has 0 saturated carbocycles. The topological polar surface area (TPSA) is 23.5 Å². The Morgan fingerprint density at radius 2 is 1.42 bits per heavy atom. The SMILES string of the molecule is C=CC(C(O)CC)[C@@H](C)N(Cc1ccccc1)Cc1ccccc1. The Morgan fingerprint density at radius 1 is 0.958 bits per heavy atom. The van der Waals surface area contributed by atoms with Crippen molar-refractivity contribution < 1.29 is 5.11 Å². The van der Waals surface area contributed by atoms with Gasteiger partial charge in [0.2, 0.25) is 0 Å². The number of benzene rings is 2. The van der Waals surface area contributed by atoms with E-state index in [4.69, 9.17) is 0 Å². The number of nitrogens with zero attached hydrogens (tertiary/aromatic N) is 1. The molecule has 0 spiro atoms. The molecular formula is C22H29NO. The highest BCUT2D eigenvalue weighted by molar-refractivity contribution is 5.17. The highest BCUT2D eigenvalue weighted by atomic mass is 16.3. The molecule has 0 heterocycles. The molecule has 0 fully saturated rings. The van der Waals surface area contributed by atoms with E-state index in [9.17, 15) is 5.11 Å². The van der Waals surface area contributed by atoms with Gasteiger partial charge in [-0.15, -0.1) is 6.58 Å². The lowest BCUT2D eigenvalue weighted by Gasteiger charge is -2.35. The summed E-state index contributed by atoms with van der Waals surface area (Å²) in [7, 11) is 0. The van der Waals surface area contributed by atoms with Gasteiger partial charge in [0, 0.05) is 25.0 Å². The Morgan fingerprint density at radius 3 is 1.79 bits per heavy atom. The van der Waals surface area contributed by atoms with Crippen LogP contribution in [0.2, 0.25) is 0 Å². The van der Waals surface area contributed by atoms with E-state index in [1.165, 1.54) is 11.1 Å². The third-order valence-electron chi connectivity index (χ3n) is 4.72. The van der Waals surface area contributed by atoms with Gasteiger partial charge in [-0.3, -0.25) is 4.90 Å². The minimum absolute atomic E-state index is 0.0578. The Kier molecular flexibility index (Phi) is 7.23. The van der Waals surface area contributed by atoms with E-state index in [2.05, 4.69) is 66.9 Å². The predicted octanol–water partition coefficient (Wildman–Crippen LogP) is 4.65. The second kappa shape index (κ2) is 9.41. The molecule has 0 aliphatic carbocycles. The van der Waals surface area contributed by atoms with E-state index < -0.39 is 0 Å². The molecule has 0 aliphatic heterocycles. The summed E-state index contributed by atoms with van der Waals surface area (Å²) < 4.78 is 0. The number of aliphatic hydroxyl groups excluding tert-OH is 1. The van der Waals surface area contributed by atoms with Gasteiger partial charge in [0.1, 0.15) is 0 Å². The lowest BCUT2D eigenvalue weighted by atomic mass is 9.91. The second-order valence-corrected chi connectivity index (χ2v) is 6.41. The third kappa shape index (κ3) is 5.05. The van der Waals surface area contributed by atoms with Gasteiger partial charge in [0.15, 0.2) is 0 Å². The Labute approximate surface area is 146 Å². The molecule has 24 heavy (non-hydrogen) atoms. The number of hydrogen-bond acceptors (Lipinski definition) is 2. The molecule has 2 rings (SSSR count). The zero-order valence-corrected chi connectivity index (χ0v) is 14.8. The van der Waals surface area contributed by atoms with Crippen molar-refractivity contribution in [3.8, 4) is 0 Å². The van der Waals surface area contributed by atoms with Crippen molar-refractivity contribution in [2.24, 2.45) is 5.92 Å². The summed E-state index contributed by atoms with van der Waals surface area (Å²) in [6.07, 6.45) is 2.29. The molecule has 128 valence electrons. The van der Waals surface area contributed by atoms with Crippen LogP contribution in [-0.4, -0.2) is 22.2 Å². The van der Waals surface area contributed by atoms with Crippen LogP contribution in [0.15, 0.2) is 73.3 Å². The predicted molar refractivity (Wildman–Crippen MR) is 102 cm³/mol. The van der Waals surface area contributed by atoms with E-state index >= 15 is 0 Å². The molecule has 0 amide bonds. The second-order valence-electron chi connectivity index (χ2n) is 6.41. The Hall–Kier alpha value is -1.90. The average Bonchev–Trinajstić information content (AvgIpc) is 2.63. The van der Waals surface area contributed by atoms with Crippen molar-refractivity contribution in [2.75, 3.05) is 0 Å². The molecule has 2 heteroatoms. The van der Waals surface area contributed by atoms with Crippen LogP contribution in [0.5, 0.6) is 0 Å². The van der Waals surface area contributed by atoms with Crippen molar-refractivity contribution >= 4 is 0 Å². The van der Waals surface area contributed by atoms with Crippen molar-refractivity contribution in [3.63, 3.8) is 0 Å². The van der Waals surface area contributed by atoms with Crippen LogP contribution in [0, 0.1) is 5.92 Å². The highest BCUT2D eigenvalue weighted by Crippen LogP contribution is 2.23. The van der Waals surface area contributed by atoms with E-state index in [-0.39, 0.29) is 18.1 Å². The maximum absolute atomic E-state index is 10.4. The number of hydrogen-bond donors (Lipinski definition) is 1. The zero-order chi connectivity index (χ0) is 17.4. The van der Waals surface area contributed by atoms with Gasteiger partial charge >= 0.3 is 0 Å². The molecule has 0 radical (unpaired) electrons. The molecule has 2 unspecified atom stereocenters. The van der Waals surface area contributed by atoms with E-state index in [0.717, 1.165) is 19.5 Å². The van der Waals surface area contributed by atoms with Crippen LogP contribution < -0.4 is 0 Å². The number of rotatable bonds is 9. The summed E-state index contributed by atoms with van der Waals surface area (Å²) in [5, 5.41) is 10.4. The van der Waals surface area contributed by atoms with Crippen LogP contribution in [0.25, 0.3) is 0 Å². The third-order valence-corrected chi connectivity index (χ3v) is 4.72. The Balaban J connectivity index is 2.22. The van der Waals surface area contributed by atoms with Crippen molar-refractivity contribution in [1.29, 1.82) is 0 Å². The zero-order valence-electron chi connectivity index (χ0n) is 14.8. The summed E-state index contributed by atoms with van der Waals surface area (Å²) in [6.45, 7) is 9.89. The Bertz CT molecular complexity index is 554. The van der Waals surface area contributed by atoms with Crippen LogP contribution in [0.4, 0.5) is 0 Å². The average molecular weight is 323 g/mol.